The third-order valence-electron chi connectivity index (χ3n) is 8.06. The van der Waals surface area contributed by atoms with Gasteiger partial charge in [0.2, 0.25) is 11.7 Å². The molecule has 1 spiro atoms. The Kier molecular flexibility index (Phi) is 6.06. The van der Waals surface area contributed by atoms with Crippen molar-refractivity contribution in [2.75, 3.05) is 0 Å². The molecular formula is C35H32N4O4. The highest BCUT2D eigenvalue weighted by Gasteiger charge is 2.76. The topological polar surface area (TPSA) is 77.2 Å². The fourth-order valence-electron chi connectivity index (χ4n) is 6.39. The number of benzene rings is 4. The number of aryl methyl sites for hydroxylation is 6. The van der Waals surface area contributed by atoms with Crippen molar-refractivity contribution in [2.45, 2.75) is 53.2 Å². The lowest BCUT2D eigenvalue weighted by atomic mass is 9.95. The summed E-state index contributed by atoms with van der Waals surface area (Å²) < 4.78 is 13.4. The molecule has 8 nitrogen and oxygen atoms in total. The largest absolute Gasteiger partial charge is 0.512 e. The summed E-state index contributed by atoms with van der Waals surface area (Å²) in [4.78, 5) is 12.8. The summed E-state index contributed by atoms with van der Waals surface area (Å²) in [6.07, 6.45) is 0. The minimum atomic E-state index is -1.95. The number of ether oxygens (including phenoxy) is 2. The molecule has 43 heavy (non-hydrogen) atoms. The van der Waals surface area contributed by atoms with Crippen molar-refractivity contribution in [3.05, 3.63) is 141 Å². The van der Waals surface area contributed by atoms with E-state index in [9.17, 15) is 0 Å². The molecule has 0 fully saturated rings. The number of amidine groups is 1. The Balaban J connectivity index is 1.45. The van der Waals surface area contributed by atoms with Crippen LogP contribution in [0.2, 0.25) is 0 Å². The highest BCUT2D eigenvalue weighted by atomic mass is 17.0. The van der Waals surface area contributed by atoms with Crippen LogP contribution in [0.15, 0.2) is 100 Å². The van der Waals surface area contributed by atoms with E-state index in [1.54, 1.807) is 5.01 Å². The van der Waals surface area contributed by atoms with Crippen LogP contribution in [0.25, 0.3) is 0 Å². The van der Waals surface area contributed by atoms with E-state index in [0.717, 1.165) is 50.1 Å². The minimum Gasteiger partial charge on any atom is -0.394 e. The summed E-state index contributed by atoms with van der Waals surface area (Å²) in [5.41, 5.74) is 7.90. The van der Waals surface area contributed by atoms with E-state index < -0.39 is 11.7 Å². The number of oxime groups is 2. The Labute approximate surface area is 250 Å². The van der Waals surface area contributed by atoms with Crippen LogP contribution in [0.3, 0.4) is 0 Å². The number of nitrogens with zero attached hydrogens (tertiary/aromatic N) is 4. The van der Waals surface area contributed by atoms with Crippen LogP contribution in [0, 0.1) is 41.5 Å². The molecule has 2 unspecified atom stereocenters. The smallest absolute Gasteiger partial charge is 0.394 e. The highest BCUT2D eigenvalue weighted by molar-refractivity contribution is 6.05. The van der Waals surface area contributed by atoms with Gasteiger partial charge in [-0.25, -0.2) is 0 Å². The van der Waals surface area contributed by atoms with Gasteiger partial charge in [-0.15, -0.1) is 5.10 Å². The van der Waals surface area contributed by atoms with E-state index in [1.165, 1.54) is 0 Å². The van der Waals surface area contributed by atoms with Crippen molar-refractivity contribution in [3.8, 4) is 0 Å². The molecule has 2 atom stereocenters. The van der Waals surface area contributed by atoms with Crippen molar-refractivity contribution in [1.29, 1.82) is 0 Å². The maximum atomic E-state index is 6.75. The second-order valence-electron chi connectivity index (χ2n) is 11.4. The quantitative estimate of drug-likeness (QED) is 0.268. The van der Waals surface area contributed by atoms with Crippen LogP contribution < -0.4 is 0 Å². The first kappa shape index (κ1) is 26.8. The van der Waals surface area contributed by atoms with Crippen molar-refractivity contribution >= 4 is 17.6 Å². The molecular weight excluding hydrogens is 540 g/mol. The number of hydrazone groups is 1. The van der Waals surface area contributed by atoms with Gasteiger partial charge in [-0.3, -0.25) is 0 Å². The maximum absolute atomic E-state index is 6.75. The fraction of sp³-hybridized carbons (Fsp3) is 0.229. The van der Waals surface area contributed by atoms with Gasteiger partial charge in [0.25, 0.3) is 5.90 Å². The lowest BCUT2D eigenvalue weighted by Crippen LogP contribution is -2.66. The van der Waals surface area contributed by atoms with Crippen molar-refractivity contribution in [1.82, 2.24) is 5.01 Å². The summed E-state index contributed by atoms with van der Waals surface area (Å²) >= 11 is 0. The van der Waals surface area contributed by atoms with Crippen molar-refractivity contribution in [3.63, 3.8) is 0 Å². The van der Waals surface area contributed by atoms with E-state index in [4.69, 9.17) is 24.3 Å². The fourth-order valence-corrected chi connectivity index (χ4v) is 6.39. The van der Waals surface area contributed by atoms with Crippen LogP contribution >= 0.6 is 0 Å². The van der Waals surface area contributed by atoms with Crippen LogP contribution in [-0.4, -0.2) is 28.6 Å². The van der Waals surface area contributed by atoms with Gasteiger partial charge in [-0.05, 0) is 81.1 Å². The number of fused-ring (bicyclic) bond motifs is 2. The van der Waals surface area contributed by atoms with E-state index >= 15 is 0 Å². The molecule has 3 aliphatic heterocycles. The Bertz CT molecular complexity index is 1800. The summed E-state index contributed by atoms with van der Waals surface area (Å²) in [5.74, 6) is -0.864. The zero-order valence-corrected chi connectivity index (χ0v) is 25.0. The van der Waals surface area contributed by atoms with E-state index in [-0.39, 0.29) is 5.90 Å². The lowest BCUT2D eigenvalue weighted by molar-refractivity contribution is -0.419. The van der Waals surface area contributed by atoms with Crippen molar-refractivity contribution in [2.24, 2.45) is 15.4 Å². The second-order valence-corrected chi connectivity index (χ2v) is 11.4. The average molecular weight is 573 g/mol. The summed E-state index contributed by atoms with van der Waals surface area (Å²) in [6, 6.07) is 27.7. The SMILES string of the molecule is Cc1cc(C)c(C2=NOC3(OC(c4ccccc4)=NN4C(c5c(C)cc(C)cc5C)=NOC43c3ccccc3)O2)c(C)c1. The molecule has 0 saturated heterocycles. The molecule has 0 aromatic heterocycles. The van der Waals surface area contributed by atoms with Crippen LogP contribution in [0.5, 0.6) is 0 Å². The van der Waals surface area contributed by atoms with Crippen LogP contribution in [-0.2, 0) is 24.9 Å². The lowest BCUT2D eigenvalue weighted by Gasteiger charge is -2.45. The molecule has 7 rings (SSSR count). The predicted octanol–water partition coefficient (Wildman–Crippen LogP) is 6.84. The first-order chi connectivity index (χ1) is 20.7. The van der Waals surface area contributed by atoms with Crippen LogP contribution in [0.1, 0.15) is 55.6 Å². The van der Waals surface area contributed by atoms with E-state index in [2.05, 4.69) is 62.3 Å². The molecule has 0 radical (unpaired) electrons. The molecule has 0 bridgehead atoms. The third kappa shape index (κ3) is 4.00. The first-order valence-electron chi connectivity index (χ1n) is 14.3. The Morgan fingerprint density at radius 3 is 1.72 bits per heavy atom. The molecule has 4 aromatic carbocycles. The molecule has 8 heteroatoms. The predicted molar refractivity (Wildman–Crippen MR) is 164 cm³/mol. The Morgan fingerprint density at radius 1 is 0.581 bits per heavy atom. The maximum Gasteiger partial charge on any atom is 0.512 e. The highest BCUT2D eigenvalue weighted by Crippen LogP contribution is 2.53. The average Bonchev–Trinajstić information content (AvgIpc) is 3.57. The third-order valence-corrected chi connectivity index (χ3v) is 8.06. The number of hydrogen-bond donors (Lipinski definition) is 0. The van der Waals surface area contributed by atoms with Gasteiger partial charge in [0.15, 0.2) is 0 Å². The normalized spacial score (nSPS) is 22.1. The number of rotatable bonds is 4. The zero-order valence-electron chi connectivity index (χ0n) is 25.0. The van der Waals surface area contributed by atoms with Crippen molar-refractivity contribution < 1.29 is 19.1 Å². The van der Waals surface area contributed by atoms with Gasteiger partial charge in [0.05, 0.1) is 0 Å². The van der Waals surface area contributed by atoms with Gasteiger partial charge in [-0.2, -0.15) is 5.01 Å². The van der Waals surface area contributed by atoms with Gasteiger partial charge in [-0.1, -0.05) is 89.1 Å². The van der Waals surface area contributed by atoms with Gasteiger partial charge in [0.1, 0.15) is 0 Å². The zero-order chi connectivity index (χ0) is 29.9. The monoisotopic (exact) mass is 572 g/mol. The molecule has 0 saturated carbocycles. The molecule has 3 aliphatic rings. The van der Waals surface area contributed by atoms with E-state index in [1.807, 2.05) is 74.5 Å². The Morgan fingerprint density at radius 2 is 1.12 bits per heavy atom. The summed E-state index contributed by atoms with van der Waals surface area (Å²) in [7, 11) is 0. The molecule has 4 aromatic rings. The molecule has 0 aliphatic carbocycles. The summed E-state index contributed by atoms with van der Waals surface area (Å²) in [5, 5.41) is 16.0. The molecule has 0 amide bonds. The summed E-state index contributed by atoms with van der Waals surface area (Å²) in [6.45, 7) is 12.3. The second kappa shape index (κ2) is 9.73. The van der Waals surface area contributed by atoms with Crippen LogP contribution in [0.4, 0.5) is 0 Å². The molecule has 0 N–H and O–H groups in total. The molecule has 3 heterocycles. The van der Waals surface area contributed by atoms with Gasteiger partial charge < -0.3 is 19.1 Å². The number of hydrogen-bond acceptors (Lipinski definition) is 8. The first-order valence-corrected chi connectivity index (χ1v) is 14.3. The Hall–Kier alpha value is -5.11. The van der Waals surface area contributed by atoms with Gasteiger partial charge >= 0.3 is 11.7 Å². The van der Waals surface area contributed by atoms with Gasteiger partial charge in [0, 0.05) is 22.3 Å². The standard InChI is InChI=1S/C35H32N4O4/c1-21-17-23(3)29(24(4)18-21)31-37-42-34(28-15-11-8-12-16-28)35(40-32(36-39(31)34)27-13-9-7-10-14-27)41-33(38-43-35)30-25(5)19-22(2)20-26(30)6/h7-20H,1-6H3. The van der Waals surface area contributed by atoms with E-state index in [0.29, 0.717) is 17.3 Å². The molecule has 216 valence electrons. The minimum absolute atomic E-state index is 0.279.